The largest absolute Gasteiger partial charge is 0.374 e. The summed E-state index contributed by atoms with van der Waals surface area (Å²) in [6, 6.07) is -0.123. The Bertz CT molecular complexity index is 658. The van der Waals surface area contributed by atoms with Crippen molar-refractivity contribution in [1.29, 1.82) is 0 Å². The summed E-state index contributed by atoms with van der Waals surface area (Å²) in [7, 11) is 0. The van der Waals surface area contributed by atoms with E-state index in [2.05, 4.69) is 20.3 Å². The number of nitrogens with zero attached hydrogens (tertiary/aromatic N) is 5. The molecule has 0 aliphatic carbocycles. The first-order valence-corrected chi connectivity index (χ1v) is 8.75. The minimum Gasteiger partial charge on any atom is -0.374 e. The number of nitrogen functional groups attached to an aromatic ring is 1. The van der Waals surface area contributed by atoms with Crippen LogP contribution in [0.5, 0.6) is 0 Å². The Labute approximate surface area is 135 Å². The molecular weight excluding hydrogens is 324 g/mol. The molecule has 1 unspecified atom stereocenters. The number of aryl methyl sites for hydroxylation is 1. The number of rotatable bonds is 4. The quantitative estimate of drug-likeness (QED) is 0.836. The highest BCUT2D eigenvalue weighted by Gasteiger charge is 2.31. The van der Waals surface area contributed by atoms with E-state index in [1.165, 1.54) is 23.1 Å². The van der Waals surface area contributed by atoms with Crippen molar-refractivity contribution in [2.45, 2.75) is 36.6 Å². The molecule has 0 spiro atoms. The molecule has 0 radical (unpaired) electrons. The monoisotopic (exact) mass is 340 g/mol. The smallest absolute Gasteiger partial charge is 0.249 e. The number of hydrogen-bond donors (Lipinski definition) is 1. The van der Waals surface area contributed by atoms with E-state index in [9.17, 15) is 4.79 Å². The molecule has 0 saturated carbocycles. The van der Waals surface area contributed by atoms with E-state index in [1.54, 1.807) is 6.92 Å². The Morgan fingerprint density at radius 3 is 3.05 bits per heavy atom. The summed E-state index contributed by atoms with van der Waals surface area (Å²) in [4.78, 5) is 18.6. The fourth-order valence-electron chi connectivity index (χ4n) is 2.42. The Hall–Kier alpha value is -1.68. The van der Waals surface area contributed by atoms with Gasteiger partial charge in [0.1, 0.15) is 6.04 Å². The van der Waals surface area contributed by atoms with Crippen molar-refractivity contribution in [1.82, 2.24) is 25.2 Å². The predicted molar refractivity (Wildman–Crippen MR) is 82.4 cm³/mol. The zero-order chi connectivity index (χ0) is 15.5. The third-order valence-corrected chi connectivity index (χ3v) is 5.26. The molecular formula is C12H16N6O2S2. The summed E-state index contributed by atoms with van der Waals surface area (Å²) in [5.41, 5.74) is 5.54. The molecule has 2 aromatic heterocycles. The standard InChI is InChI=1S/C12H16N6O2S2/c1-7-14-10(20-17-7)8-4-2-3-5-18(8)9(19)6-21-12-16-15-11(13)22-12/h8H,2-6H2,1H3,(H2,13,15). The van der Waals surface area contributed by atoms with Crippen LogP contribution in [-0.2, 0) is 4.79 Å². The van der Waals surface area contributed by atoms with Crippen LogP contribution in [0.1, 0.15) is 37.0 Å². The minimum absolute atomic E-state index is 0.0410. The number of carbonyl (C=O) groups excluding carboxylic acids is 1. The van der Waals surface area contributed by atoms with Gasteiger partial charge in [-0.15, -0.1) is 10.2 Å². The second-order valence-electron chi connectivity index (χ2n) is 4.97. The van der Waals surface area contributed by atoms with E-state index in [0.717, 1.165) is 19.3 Å². The van der Waals surface area contributed by atoms with Crippen molar-refractivity contribution in [3.63, 3.8) is 0 Å². The van der Waals surface area contributed by atoms with Crippen LogP contribution in [-0.4, -0.2) is 43.4 Å². The number of carbonyl (C=O) groups is 1. The highest BCUT2D eigenvalue weighted by atomic mass is 32.2. The third kappa shape index (κ3) is 3.38. The fourth-order valence-corrected chi connectivity index (χ4v) is 3.94. The van der Waals surface area contributed by atoms with Gasteiger partial charge in [-0.25, -0.2) is 0 Å². The molecule has 3 heterocycles. The van der Waals surface area contributed by atoms with Crippen LogP contribution < -0.4 is 5.73 Å². The molecule has 118 valence electrons. The first-order chi connectivity index (χ1) is 10.6. The van der Waals surface area contributed by atoms with Crippen molar-refractivity contribution < 1.29 is 9.32 Å². The molecule has 1 atom stereocenters. The Balaban J connectivity index is 1.66. The highest BCUT2D eigenvalue weighted by molar-refractivity contribution is 8.01. The molecule has 1 saturated heterocycles. The number of hydrogen-bond acceptors (Lipinski definition) is 9. The first-order valence-electron chi connectivity index (χ1n) is 6.95. The second-order valence-corrected chi connectivity index (χ2v) is 7.20. The number of likely N-dealkylation sites (tertiary alicyclic amines) is 1. The van der Waals surface area contributed by atoms with Crippen molar-refractivity contribution in [2.24, 2.45) is 0 Å². The third-order valence-electron chi connectivity index (χ3n) is 3.39. The maximum Gasteiger partial charge on any atom is 0.249 e. The molecule has 1 amide bonds. The number of amides is 1. The van der Waals surface area contributed by atoms with Gasteiger partial charge in [-0.05, 0) is 26.2 Å². The highest BCUT2D eigenvalue weighted by Crippen LogP contribution is 2.31. The lowest BCUT2D eigenvalue weighted by Crippen LogP contribution is -2.39. The van der Waals surface area contributed by atoms with Gasteiger partial charge in [-0.2, -0.15) is 4.98 Å². The first kappa shape index (κ1) is 15.2. The van der Waals surface area contributed by atoms with E-state index >= 15 is 0 Å². The molecule has 10 heteroatoms. The average Bonchev–Trinajstić information content (AvgIpc) is 3.13. The number of aromatic nitrogens is 4. The number of thioether (sulfide) groups is 1. The molecule has 2 aromatic rings. The van der Waals surface area contributed by atoms with Crippen LogP contribution in [0.3, 0.4) is 0 Å². The van der Waals surface area contributed by atoms with Crippen LogP contribution in [0.2, 0.25) is 0 Å². The van der Waals surface area contributed by atoms with Gasteiger partial charge in [0.05, 0.1) is 5.75 Å². The zero-order valence-corrected chi connectivity index (χ0v) is 13.7. The van der Waals surface area contributed by atoms with Gasteiger partial charge in [0.2, 0.25) is 16.9 Å². The summed E-state index contributed by atoms with van der Waals surface area (Å²) in [6.07, 6.45) is 2.89. The van der Waals surface area contributed by atoms with Crippen LogP contribution in [0, 0.1) is 6.92 Å². The lowest BCUT2D eigenvalue weighted by molar-refractivity contribution is -0.132. The molecule has 0 bridgehead atoms. The van der Waals surface area contributed by atoms with Gasteiger partial charge in [0.25, 0.3) is 0 Å². The SMILES string of the molecule is Cc1noc(C2CCCCN2C(=O)CSc2nnc(N)s2)n1. The maximum atomic E-state index is 12.5. The lowest BCUT2D eigenvalue weighted by Gasteiger charge is -2.33. The summed E-state index contributed by atoms with van der Waals surface area (Å²) in [5.74, 6) is 1.46. The molecule has 1 aliphatic heterocycles. The van der Waals surface area contributed by atoms with Gasteiger partial charge >= 0.3 is 0 Å². The van der Waals surface area contributed by atoms with Crippen LogP contribution in [0.15, 0.2) is 8.86 Å². The molecule has 22 heavy (non-hydrogen) atoms. The predicted octanol–water partition coefficient (Wildman–Crippen LogP) is 1.66. The average molecular weight is 340 g/mol. The molecule has 3 rings (SSSR count). The molecule has 0 aromatic carbocycles. The molecule has 1 aliphatic rings. The van der Waals surface area contributed by atoms with Gasteiger partial charge in [-0.3, -0.25) is 4.79 Å². The summed E-state index contributed by atoms with van der Waals surface area (Å²) in [5, 5.41) is 11.9. The normalized spacial score (nSPS) is 18.6. The van der Waals surface area contributed by atoms with Crippen LogP contribution >= 0.6 is 23.1 Å². The number of piperidine rings is 1. The molecule has 1 fully saturated rings. The van der Waals surface area contributed by atoms with Gasteiger partial charge in [0, 0.05) is 6.54 Å². The Morgan fingerprint density at radius 1 is 1.50 bits per heavy atom. The zero-order valence-electron chi connectivity index (χ0n) is 12.1. The number of nitrogens with two attached hydrogens (primary N) is 1. The van der Waals surface area contributed by atoms with E-state index < -0.39 is 0 Å². The lowest BCUT2D eigenvalue weighted by atomic mass is 10.0. The van der Waals surface area contributed by atoms with Crippen molar-refractivity contribution in [2.75, 3.05) is 18.0 Å². The summed E-state index contributed by atoms with van der Waals surface area (Å²) >= 11 is 2.64. The van der Waals surface area contributed by atoms with Crippen LogP contribution in [0.4, 0.5) is 5.13 Å². The summed E-state index contributed by atoms with van der Waals surface area (Å²) < 4.78 is 5.95. The number of anilines is 1. The summed E-state index contributed by atoms with van der Waals surface area (Å²) in [6.45, 7) is 2.49. The Morgan fingerprint density at radius 2 is 2.36 bits per heavy atom. The van der Waals surface area contributed by atoms with E-state index in [4.69, 9.17) is 10.3 Å². The van der Waals surface area contributed by atoms with Crippen molar-refractivity contribution in [3.8, 4) is 0 Å². The van der Waals surface area contributed by atoms with E-state index in [0.29, 0.717) is 33.5 Å². The van der Waals surface area contributed by atoms with E-state index in [1.807, 2.05) is 4.90 Å². The fraction of sp³-hybridized carbons (Fsp3) is 0.583. The van der Waals surface area contributed by atoms with Crippen molar-refractivity contribution in [3.05, 3.63) is 11.7 Å². The van der Waals surface area contributed by atoms with Gasteiger partial charge in [0.15, 0.2) is 10.2 Å². The Kier molecular flexibility index (Phi) is 4.57. The van der Waals surface area contributed by atoms with Crippen molar-refractivity contribution >= 4 is 34.1 Å². The second kappa shape index (κ2) is 6.61. The molecule has 8 nitrogen and oxygen atoms in total. The van der Waals surface area contributed by atoms with Crippen LogP contribution in [0.25, 0.3) is 0 Å². The topological polar surface area (TPSA) is 111 Å². The molecule has 2 N–H and O–H groups in total. The van der Waals surface area contributed by atoms with E-state index in [-0.39, 0.29) is 11.9 Å². The van der Waals surface area contributed by atoms with Gasteiger partial charge in [-0.1, -0.05) is 28.3 Å². The maximum absolute atomic E-state index is 12.5. The minimum atomic E-state index is -0.123. The van der Waals surface area contributed by atoms with Gasteiger partial charge < -0.3 is 15.2 Å².